The molecule has 10 heteroatoms. The number of halogens is 2. The molecule has 3 aromatic rings. The lowest BCUT2D eigenvalue weighted by molar-refractivity contribution is 0.590. The SMILES string of the molecule is Cc1cc(C2CCCC2)n2nc(S(=O)(=O)Nc3c(Cl)cccc3Cl)nc2n1. The lowest BCUT2D eigenvalue weighted by atomic mass is 10.0. The Hall–Kier alpha value is -1.90. The van der Waals surface area contributed by atoms with Crippen molar-refractivity contribution in [2.45, 2.75) is 43.7 Å². The molecule has 1 aliphatic rings. The van der Waals surface area contributed by atoms with Gasteiger partial charge in [0.2, 0.25) is 0 Å². The van der Waals surface area contributed by atoms with Gasteiger partial charge in [-0.05, 0) is 38.0 Å². The largest absolute Gasteiger partial charge is 0.299 e. The molecule has 1 fully saturated rings. The maximum Gasteiger partial charge on any atom is 0.299 e. The quantitative estimate of drug-likeness (QED) is 0.676. The highest BCUT2D eigenvalue weighted by Gasteiger charge is 2.27. The highest BCUT2D eigenvalue weighted by atomic mass is 35.5. The number of aryl methyl sites for hydroxylation is 1. The van der Waals surface area contributed by atoms with Crippen LogP contribution < -0.4 is 4.72 Å². The Labute approximate surface area is 166 Å². The van der Waals surface area contributed by atoms with E-state index in [0.29, 0.717) is 5.92 Å². The first-order valence-corrected chi connectivity index (χ1v) is 10.8. The van der Waals surface area contributed by atoms with Crippen LogP contribution in [0.1, 0.15) is 43.0 Å². The van der Waals surface area contributed by atoms with Gasteiger partial charge in [-0.25, -0.2) is 4.98 Å². The molecule has 1 saturated carbocycles. The van der Waals surface area contributed by atoms with Crippen LogP contribution in [0.3, 0.4) is 0 Å². The number of hydrogen-bond acceptors (Lipinski definition) is 5. The number of sulfonamides is 1. The maximum atomic E-state index is 12.8. The number of benzene rings is 1. The molecule has 27 heavy (non-hydrogen) atoms. The summed E-state index contributed by atoms with van der Waals surface area (Å²) in [5, 5.41) is 4.25. The van der Waals surface area contributed by atoms with Crippen molar-refractivity contribution in [2.75, 3.05) is 4.72 Å². The molecule has 1 N–H and O–H groups in total. The molecule has 1 aliphatic carbocycles. The van der Waals surface area contributed by atoms with Crippen molar-refractivity contribution in [1.29, 1.82) is 0 Å². The van der Waals surface area contributed by atoms with Crippen molar-refractivity contribution in [2.24, 2.45) is 0 Å². The first-order chi connectivity index (χ1) is 12.8. The summed E-state index contributed by atoms with van der Waals surface area (Å²) in [7, 11) is -4.08. The second-order valence-electron chi connectivity index (χ2n) is 6.61. The molecular formula is C17H17Cl2N5O2S. The van der Waals surface area contributed by atoms with E-state index in [1.807, 2.05) is 13.0 Å². The average Bonchev–Trinajstić information content (AvgIpc) is 3.27. The number of hydrogen-bond donors (Lipinski definition) is 1. The number of rotatable bonds is 4. The summed E-state index contributed by atoms with van der Waals surface area (Å²) in [6, 6.07) is 6.68. The third kappa shape index (κ3) is 3.49. The molecule has 4 rings (SSSR count). The zero-order valence-corrected chi connectivity index (χ0v) is 16.8. The summed E-state index contributed by atoms with van der Waals surface area (Å²) in [5.74, 6) is 0.597. The smallest absolute Gasteiger partial charge is 0.274 e. The minimum atomic E-state index is -4.08. The van der Waals surface area contributed by atoms with Crippen LogP contribution in [-0.2, 0) is 10.0 Å². The Kier molecular flexibility index (Phi) is 4.73. The minimum Gasteiger partial charge on any atom is -0.274 e. The van der Waals surface area contributed by atoms with Gasteiger partial charge < -0.3 is 0 Å². The first kappa shape index (κ1) is 18.5. The summed E-state index contributed by atoms with van der Waals surface area (Å²) in [6.45, 7) is 1.86. The fourth-order valence-electron chi connectivity index (χ4n) is 3.40. The molecule has 7 nitrogen and oxygen atoms in total. The Bertz CT molecular complexity index is 1100. The topological polar surface area (TPSA) is 89.3 Å². The highest BCUT2D eigenvalue weighted by Crippen LogP contribution is 2.35. The van der Waals surface area contributed by atoms with E-state index >= 15 is 0 Å². The summed E-state index contributed by atoms with van der Waals surface area (Å²) in [6.07, 6.45) is 4.40. The van der Waals surface area contributed by atoms with Gasteiger partial charge in [0, 0.05) is 11.6 Å². The van der Waals surface area contributed by atoms with Gasteiger partial charge in [0.15, 0.2) is 0 Å². The average molecular weight is 426 g/mol. The van der Waals surface area contributed by atoms with Gasteiger partial charge in [-0.15, -0.1) is 5.10 Å². The van der Waals surface area contributed by atoms with E-state index in [9.17, 15) is 8.42 Å². The van der Waals surface area contributed by atoms with Gasteiger partial charge in [0.1, 0.15) is 0 Å². The molecule has 0 bridgehead atoms. The van der Waals surface area contributed by atoms with Gasteiger partial charge in [-0.3, -0.25) is 4.72 Å². The Morgan fingerprint density at radius 2 is 1.81 bits per heavy atom. The van der Waals surface area contributed by atoms with Crippen LogP contribution in [0.5, 0.6) is 0 Å². The number of nitrogens with zero attached hydrogens (tertiary/aromatic N) is 4. The third-order valence-corrected chi connectivity index (χ3v) is 6.42. The number of fused-ring (bicyclic) bond motifs is 1. The Morgan fingerprint density at radius 1 is 1.15 bits per heavy atom. The molecule has 0 saturated heterocycles. The van der Waals surface area contributed by atoms with Gasteiger partial charge in [0.05, 0.1) is 21.4 Å². The molecule has 1 aromatic carbocycles. The van der Waals surface area contributed by atoms with E-state index in [0.717, 1.165) is 37.1 Å². The van der Waals surface area contributed by atoms with Crippen LogP contribution in [0.15, 0.2) is 29.4 Å². The second kappa shape index (κ2) is 6.92. The Balaban J connectivity index is 1.78. The van der Waals surface area contributed by atoms with E-state index < -0.39 is 10.0 Å². The van der Waals surface area contributed by atoms with Crippen molar-refractivity contribution in [3.8, 4) is 0 Å². The summed E-state index contributed by atoms with van der Waals surface area (Å²) < 4.78 is 29.5. The van der Waals surface area contributed by atoms with Gasteiger partial charge >= 0.3 is 0 Å². The fraction of sp³-hybridized carbons (Fsp3) is 0.353. The summed E-state index contributed by atoms with van der Waals surface area (Å²) in [5.41, 5.74) is 1.82. The predicted octanol–water partition coefficient (Wildman–Crippen LogP) is 4.20. The van der Waals surface area contributed by atoms with E-state index in [2.05, 4.69) is 19.8 Å². The summed E-state index contributed by atoms with van der Waals surface area (Å²) in [4.78, 5) is 8.47. The molecule has 0 amide bonds. The first-order valence-electron chi connectivity index (χ1n) is 8.56. The minimum absolute atomic E-state index is 0.0971. The normalized spacial score (nSPS) is 15.5. The van der Waals surface area contributed by atoms with Crippen molar-refractivity contribution < 1.29 is 8.42 Å². The van der Waals surface area contributed by atoms with Gasteiger partial charge in [-0.2, -0.15) is 17.9 Å². The van der Waals surface area contributed by atoms with Crippen LogP contribution in [0, 0.1) is 6.92 Å². The van der Waals surface area contributed by atoms with Crippen molar-refractivity contribution in [3.05, 3.63) is 45.7 Å². The lowest BCUT2D eigenvalue weighted by Gasteiger charge is -2.11. The fourth-order valence-corrected chi connectivity index (χ4v) is 4.97. The highest BCUT2D eigenvalue weighted by molar-refractivity contribution is 7.92. The third-order valence-electron chi connectivity index (χ3n) is 4.66. The van der Waals surface area contributed by atoms with E-state index in [4.69, 9.17) is 23.2 Å². The molecule has 142 valence electrons. The van der Waals surface area contributed by atoms with Gasteiger partial charge in [0.25, 0.3) is 21.0 Å². The number of para-hydroxylation sites is 1. The molecule has 0 atom stereocenters. The molecule has 0 unspecified atom stereocenters. The summed E-state index contributed by atoms with van der Waals surface area (Å²) >= 11 is 12.1. The van der Waals surface area contributed by atoms with Crippen LogP contribution in [-0.4, -0.2) is 28.0 Å². The lowest BCUT2D eigenvalue weighted by Crippen LogP contribution is -2.15. The van der Waals surface area contributed by atoms with E-state index in [1.54, 1.807) is 18.2 Å². The van der Waals surface area contributed by atoms with E-state index in [-0.39, 0.29) is 26.7 Å². The van der Waals surface area contributed by atoms with Crippen LogP contribution in [0.2, 0.25) is 10.0 Å². The number of aromatic nitrogens is 4. The standard InChI is InChI=1S/C17H17Cl2N5O2S/c1-10-9-14(11-5-2-3-6-11)24-16(20-10)21-17(22-24)27(25,26)23-15-12(18)7-4-8-13(15)19/h4,7-9,11,23H,2-3,5-6H2,1H3. The molecule has 0 aliphatic heterocycles. The van der Waals surface area contributed by atoms with Crippen molar-refractivity contribution >= 4 is 44.7 Å². The van der Waals surface area contributed by atoms with Crippen molar-refractivity contribution in [1.82, 2.24) is 19.6 Å². The molecule has 2 aromatic heterocycles. The molecule has 0 radical (unpaired) electrons. The maximum absolute atomic E-state index is 12.8. The van der Waals surface area contributed by atoms with Crippen LogP contribution in [0.25, 0.3) is 5.78 Å². The zero-order chi connectivity index (χ0) is 19.2. The molecule has 0 spiro atoms. The second-order valence-corrected chi connectivity index (χ2v) is 9.00. The van der Waals surface area contributed by atoms with Crippen LogP contribution in [0.4, 0.5) is 5.69 Å². The Morgan fingerprint density at radius 3 is 2.48 bits per heavy atom. The van der Waals surface area contributed by atoms with E-state index in [1.165, 1.54) is 4.52 Å². The zero-order valence-electron chi connectivity index (χ0n) is 14.5. The van der Waals surface area contributed by atoms with Crippen molar-refractivity contribution in [3.63, 3.8) is 0 Å². The monoisotopic (exact) mass is 425 g/mol. The van der Waals surface area contributed by atoms with Gasteiger partial charge in [-0.1, -0.05) is 42.1 Å². The number of nitrogens with one attached hydrogen (secondary N) is 1. The number of anilines is 1. The molecular weight excluding hydrogens is 409 g/mol. The van der Waals surface area contributed by atoms with Crippen LogP contribution >= 0.6 is 23.2 Å². The predicted molar refractivity (Wildman–Crippen MR) is 104 cm³/mol. The molecule has 2 heterocycles.